The molecule has 3 N–H and O–H groups in total. The molecule has 0 aliphatic carbocycles. The Balaban J connectivity index is 1.56. The number of anilines is 1. The number of hydrogen-bond donors (Lipinski definition) is 2. The molecule has 152 valence electrons. The molecule has 4 heterocycles. The monoisotopic (exact) mass is 409 g/mol. The third-order valence-corrected chi connectivity index (χ3v) is 5.13. The van der Waals surface area contributed by atoms with Gasteiger partial charge in [0.1, 0.15) is 11.5 Å². The Morgan fingerprint density at radius 3 is 2.90 bits per heavy atom. The number of nitrogens with zero attached hydrogens (tertiary/aromatic N) is 7. The lowest BCUT2D eigenvalue weighted by Crippen LogP contribution is -2.13. The van der Waals surface area contributed by atoms with Crippen molar-refractivity contribution >= 4 is 5.82 Å². The van der Waals surface area contributed by atoms with E-state index in [1.54, 1.807) is 18.5 Å². The van der Waals surface area contributed by atoms with Crippen LogP contribution >= 0.6 is 0 Å². The van der Waals surface area contributed by atoms with Gasteiger partial charge in [-0.1, -0.05) is 6.07 Å². The van der Waals surface area contributed by atoms with Gasteiger partial charge in [0.05, 0.1) is 17.8 Å². The summed E-state index contributed by atoms with van der Waals surface area (Å²) < 4.78 is 31.0. The predicted octanol–water partition coefficient (Wildman–Crippen LogP) is 1.98. The van der Waals surface area contributed by atoms with Gasteiger partial charge in [-0.3, -0.25) is 4.68 Å². The third kappa shape index (κ3) is 3.08. The summed E-state index contributed by atoms with van der Waals surface area (Å²) in [6.45, 7) is 1.84. The van der Waals surface area contributed by atoms with E-state index in [0.717, 1.165) is 41.4 Å². The lowest BCUT2D eigenvalue weighted by atomic mass is 10.1. The lowest BCUT2D eigenvalue weighted by Gasteiger charge is -2.09. The van der Waals surface area contributed by atoms with Gasteiger partial charge in [0.15, 0.2) is 17.5 Å². The summed E-state index contributed by atoms with van der Waals surface area (Å²) in [5.41, 5.74) is 7.95. The van der Waals surface area contributed by atoms with Crippen molar-refractivity contribution in [1.82, 2.24) is 40.3 Å². The number of nitrogens with two attached hydrogens (primary N) is 1. The third-order valence-electron chi connectivity index (χ3n) is 5.13. The number of halogens is 2. The minimum atomic E-state index is -1.06. The van der Waals surface area contributed by atoms with E-state index in [9.17, 15) is 8.78 Å². The van der Waals surface area contributed by atoms with Crippen molar-refractivity contribution < 1.29 is 8.78 Å². The Bertz CT molecular complexity index is 1210. The van der Waals surface area contributed by atoms with Gasteiger partial charge >= 0.3 is 0 Å². The largest absolute Gasteiger partial charge is 0.383 e. The molecule has 4 aromatic rings. The van der Waals surface area contributed by atoms with Crippen LogP contribution in [0.4, 0.5) is 14.6 Å². The summed E-state index contributed by atoms with van der Waals surface area (Å²) in [5.74, 6) is -1.74. The Hall–Kier alpha value is -3.73. The SMILES string of the molecule is Nc1ncc(-c2cnn([C@@H]3CCNC3)c2)cc1-c1nnnn1-c1cccc(F)c1F. The Morgan fingerprint density at radius 2 is 2.07 bits per heavy atom. The highest BCUT2D eigenvalue weighted by Crippen LogP contribution is 2.30. The maximum atomic E-state index is 14.3. The van der Waals surface area contributed by atoms with Crippen LogP contribution in [-0.2, 0) is 0 Å². The van der Waals surface area contributed by atoms with Gasteiger partial charge in [-0.25, -0.2) is 13.8 Å². The topological polar surface area (TPSA) is 112 Å². The Kier molecular flexibility index (Phi) is 4.43. The van der Waals surface area contributed by atoms with Crippen molar-refractivity contribution in [2.75, 3.05) is 18.8 Å². The van der Waals surface area contributed by atoms with Crippen LogP contribution in [0.15, 0.2) is 42.9 Å². The smallest absolute Gasteiger partial charge is 0.190 e. The van der Waals surface area contributed by atoms with Crippen molar-refractivity contribution in [3.05, 3.63) is 54.5 Å². The van der Waals surface area contributed by atoms with E-state index < -0.39 is 11.6 Å². The molecule has 9 nitrogen and oxygen atoms in total. The van der Waals surface area contributed by atoms with Gasteiger partial charge in [-0.05, 0) is 41.6 Å². The molecule has 1 aliphatic rings. The maximum Gasteiger partial charge on any atom is 0.190 e. The molecule has 0 amide bonds. The van der Waals surface area contributed by atoms with Crippen molar-refractivity contribution in [2.45, 2.75) is 12.5 Å². The van der Waals surface area contributed by atoms with E-state index in [2.05, 4.69) is 30.9 Å². The molecule has 1 aromatic carbocycles. The zero-order chi connectivity index (χ0) is 20.7. The van der Waals surface area contributed by atoms with Gasteiger partial charge < -0.3 is 11.1 Å². The van der Waals surface area contributed by atoms with Crippen molar-refractivity contribution in [3.63, 3.8) is 0 Å². The molecule has 0 unspecified atom stereocenters. The molecule has 11 heteroatoms. The molecule has 5 rings (SSSR count). The van der Waals surface area contributed by atoms with Gasteiger partial charge in [0.25, 0.3) is 0 Å². The number of pyridine rings is 1. The molecular weight excluding hydrogens is 392 g/mol. The summed E-state index contributed by atoms with van der Waals surface area (Å²) in [4.78, 5) is 4.24. The van der Waals surface area contributed by atoms with E-state index in [4.69, 9.17) is 5.73 Å². The van der Waals surface area contributed by atoms with E-state index in [1.807, 2.05) is 10.9 Å². The highest BCUT2D eigenvalue weighted by atomic mass is 19.2. The molecular formula is C19H17F2N9. The van der Waals surface area contributed by atoms with Gasteiger partial charge in [0.2, 0.25) is 0 Å². The highest BCUT2D eigenvalue weighted by molar-refractivity contribution is 5.76. The van der Waals surface area contributed by atoms with Crippen LogP contribution in [0, 0.1) is 11.6 Å². The number of nitrogens with one attached hydrogen (secondary N) is 1. The average Bonchev–Trinajstić information content (AvgIpc) is 3.51. The molecule has 30 heavy (non-hydrogen) atoms. The fraction of sp³-hybridized carbons (Fsp3) is 0.211. The lowest BCUT2D eigenvalue weighted by molar-refractivity contribution is 0.491. The first kappa shape index (κ1) is 18.3. The van der Waals surface area contributed by atoms with E-state index in [1.165, 1.54) is 12.1 Å². The molecule has 1 atom stereocenters. The fourth-order valence-electron chi connectivity index (χ4n) is 3.54. The van der Waals surface area contributed by atoms with E-state index >= 15 is 0 Å². The quantitative estimate of drug-likeness (QED) is 0.530. The minimum absolute atomic E-state index is 0.124. The first-order valence-corrected chi connectivity index (χ1v) is 9.35. The summed E-state index contributed by atoms with van der Waals surface area (Å²) in [7, 11) is 0. The zero-order valence-electron chi connectivity index (χ0n) is 15.7. The number of hydrogen-bond acceptors (Lipinski definition) is 7. The first-order chi connectivity index (χ1) is 14.6. The normalized spacial score (nSPS) is 16.3. The van der Waals surface area contributed by atoms with Gasteiger partial charge in [-0.15, -0.1) is 5.10 Å². The number of rotatable bonds is 4. The number of tetrazole rings is 1. The summed E-state index contributed by atoms with van der Waals surface area (Å²) in [6.07, 6.45) is 6.35. The number of aromatic nitrogens is 7. The molecule has 0 saturated carbocycles. The van der Waals surface area contributed by atoms with E-state index in [-0.39, 0.29) is 17.3 Å². The van der Waals surface area contributed by atoms with Crippen LogP contribution < -0.4 is 11.1 Å². The second-order valence-corrected chi connectivity index (χ2v) is 7.00. The van der Waals surface area contributed by atoms with Crippen LogP contribution in [-0.4, -0.2) is 48.1 Å². The molecule has 1 saturated heterocycles. The average molecular weight is 409 g/mol. The van der Waals surface area contributed by atoms with E-state index in [0.29, 0.717) is 11.6 Å². The molecule has 1 aliphatic heterocycles. The predicted molar refractivity (Wildman–Crippen MR) is 104 cm³/mol. The zero-order valence-corrected chi connectivity index (χ0v) is 15.7. The fourth-order valence-corrected chi connectivity index (χ4v) is 3.54. The second-order valence-electron chi connectivity index (χ2n) is 7.00. The summed E-state index contributed by atoms with van der Waals surface area (Å²) in [5, 5.41) is 19.2. The second kappa shape index (κ2) is 7.26. The summed E-state index contributed by atoms with van der Waals surface area (Å²) in [6, 6.07) is 5.85. The highest BCUT2D eigenvalue weighted by Gasteiger charge is 2.21. The Morgan fingerprint density at radius 1 is 1.17 bits per heavy atom. The molecule has 0 radical (unpaired) electrons. The van der Waals surface area contributed by atoms with Crippen LogP contribution in [0.1, 0.15) is 12.5 Å². The van der Waals surface area contributed by atoms with Gasteiger partial charge in [-0.2, -0.15) is 9.78 Å². The number of benzene rings is 1. The molecule has 1 fully saturated rings. The van der Waals surface area contributed by atoms with Crippen LogP contribution in [0.25, 0.3) is 28.2 Å². The van der Waals surface area contributed by atoms with Crippen molar-refractivity contribution in [2.24, 2.45) is 0 Å². The molecule has 3 aromatic heterocycles. The van der Waals surface area contributed by atoms with Crippen molar-refractivity contribution in [3.8, 4) is 28.2 Å². The molecule has 0 spiro atoms. The van der Waals surface area contributed by atoms with Crippen LogP contribution in [0.2, 0.25) is 0 Å². The summed E-state index contributed by atoms with van der Waals surface area (Å²) >= 11 is 0. The van der Waals surface area contributed by atoms with Crippen LogP contribution in [0.3, 0.4) is 0 Å². The standard InChI is InChI=1S/C19H17F2N9/c20-15-2-1-3-16(17(15)21)30-19(26-27-28-30)14-6-11(7-24-18(14)22)12-8-25-29(10-12)13-4-5-23-9-13/h1-3,6-8,10,13,23H,4-5,9H2,(H2,22,24)/t13-/m1/s1. The van der Waals surface area contributed by atoms with Crippen molar-refractivity contribution in [1.29, 1.82) is 0 Å². The maximum absolute atomic E-state index is 14.3. The molecule has 0 bridgehead atoms. The number of nitrogen functional groups attached to an aromatic ring is 1. The Labute approximate surface area is 169 Å². The van der Waals surface area contributed by atoms with Crippen LogP contribution in [0.5, 0.6) is 0 Å². The minimum Gasteiger partial charge on any atom is -0.383 e. The first-order valence-electron chi connectivity index (χ1n) is 9.35. The van der Waals surface area contributed by atoms with Gasteiger partial charge in [0, 0.05) is 30.1 Å².